The van der Waals surface area contributed by atoms with Gasteiger partial charge in [-0.2, -0.15) is 0 Å². The lowest BCUT2D eigenvalue weighted by Crippen LogP contribution is -2.40. The summed E-state index contributed by atoms with van der Waals surface area (Å²) in [6.45, 7) is 5.46. The molecule has 1 rings (SSSR count). The standard InChI is InChI=1S/C19H30N4O.HI/c1-6-7-8-14-23(5)19(20-2)21-13-12-16-10-9-11-17(15-16)18(24)22(3)4;/h6,9-11,15H,1,7-8,12-14H2,2-5H3,(H,20,21);1H. The van der Waals surface area contributed by atoms with Gasteiger partial charge in [0, 0.05) is 46.8 Å². The van der Waals surface area contributed by atoms with Crippen LogP contribution in [0.4, 0.5) is 0 Å². The highest BCUT2D eigenvalue weighted by atomic mass is 127. The van der Waals surface area contributed by atoms with Crippen molar-refractivity contribution in [2.24, 2.45) is 4.99 Å². The number of amides is 1. The zero-order chi connectivity index (χ0) is 17.9. The monoisotopic (exact) mass is 458 g/mol. The highest BCUT2D eigenvalue weighted by Gasteiger charge is 2.08. The Morgan fingerprint density at radius 3 is 2.64 bits per heavy atom. The van der Waals surface area contributed by atoms with E-state index in [9.17, 15) is 4.79 Å². The highest BCUT2D eigenvalue weighted by Crippen LogP contribution is 2.08. The van der Waals surface area contributed by atoms with Gasteiger partial charge in [0.05, 0.1) is 0 Å². The maximum absolute atomic E-state index is 12.0. The number of nitrogens with zero attached hydrogens (tertiary/aromatic N) is 3. The molecule has 140 valence electrons. The molecule has 1 N–H and O–H groups in total. The number of rotatable bonds is 8. The molecular formula is C19H31IN4O. The Morgan fingerprint density at radius 1 is 1.32 bits per heavy atom. The van der Waals surface area contributed by atoms with E-state index in [2.05, 4.69) is 21.8 Å². The summed E-state index contributed by atoms with van der Waals surface area (Å²) in [4.78, 5) is 20.0. The fourth-order valence-corrected chi connectivity index (χ4v) is 2.40. The zero-order valence-corrected chi connectivity index (χ0v) is 18.1. The molecule has 25 heavy (non-hydrogen) atoms. The van der Waals surface area contributed by atoms with Gasteiger partial charge in [-0.3, -0.25) is 9.79 Å². The molecule has 1 aromatic rings. The molecule has 0 aliphatic rings. The second-order valence-electron chi connectivity index (χ2n) is 5.98. The minimum Gasteiger partial charge on any atom is -0.356 e. The average molecular weight is 458 g/mol. The smallest absolute Gasteiger partial charge is 0.253 e. The number of carbonyl (C=O) groups excluding carboxylic acids is 1. The normalized spacial score (nSPS) is 10.6. The predicted octanol–water partition coefficient (Wildman–Crippen LogP) is 3.02. The van der Waals surface area contributed by atoms with E-state index in [4.69, 9.17) is 0 Å². The van der Waals surface area contributed by atoms with Gasteiger partial charge in [-0.1, -0.05) is 18.2 Å². The van der Waals surface area contributed by atoms with Crippen LogP contribution >= 0.6 is 24.0 Å². The van der Waals surface area contributed by atoms with Crippen molar-refractivity contribution < 1.29 is 4.79 Å². The van der Waals surface area contributed by atoms with E-state index in [1.54, 1.807) is 26.0 Å². The molecule has 0 aromatic heterocycles. The number of hydrogen-bond acceptors (Lipinski definition) is 2. The molecule has 0 fully saturated rings. The second-order valence-corrected chi connectivity index (χ2v) is 5.98. The van der Waals surface area contributed by atoms with E-state index in [1.165, 1.54) is 0 Å². The van der Waals surface area contributed by atoms with Crippen molar-refractivity contribution in [1.82, 2.24) is 15.1 Å². The number of unbranched alkanes of at least 4 members (excludes halogenated alkanes) is 1. The van der Waals surface area contributed by atoms with Crippen molar-refractivity contribution in [1.29, 1.82) is 0 Å². The first-order valence-corrected chi connectivity index (χ1v) is 8.32. The van der Waals surface area contributed by atoms with Gasteiger partial charge in [0.15, 0.2) is 5.96 Å². The lowest BCUT2D eigenvalue weighted by molar-refractivity contribution is 0.0827. The van der Waals surface area contributed by atoms with Crippen molar-refractivity contribution in [3.8, 4) is 0 Å². The molecule has 0 bridgehead atoms. The first-order valence-electron chi connectivity index (χ1n) is 8.32. The molecule has 0 aliphatic carbocycles. The van der Waals surface area contributed by atoms with Crippen LogP contribution in [0.15, 0.2) is 41.9 Å². The lowest BCUT2D eigenvalue weighted by atomic mass is 10.1. The third-order valence-corrected chi connectivity index (χ3v) is 3.75. The van der Waals surface area contributed by atoms with Crippen molar-refractivity contribution in [2.45, 2.75) is 19.3 Å². The Hall–Kier alpha value is -1.57. The Bertz CT molecular complexity index is 572. The maximum atomic E-state index is 12.0. The van der Waals surface area contributed by atoms with Gasteiger partial charge in [-0.25, -0.2) is 0 Å². The minimum atomic E-state index is 0. The van der Waals surface area contributed by atoms with Gasteiger partial charge in [0.1, 0.15) is 0 Å². The van der Waals surface area contributed by atoms with Gasteiger partial charge in [0.2, 0.25) is 0 Å². The van der Waals surface area contributed by atoms with Crippen molar-refractivity contribution >= 4 is 35.8 Å². The van der Waals surface area contributed by atoms with Gasteiger partial charge < -0.3 is 15.1 Å². The summed E-state index contributed by atoms with van der Waals surface area (Å²) < 4.78 is 0. The fraction of sp³-hybridized carbons (Fsp3) is 0.474. The number of halogens is 1. The number of aliphatic imine (C=N–C) groups is 1. The maximum Gasteiger partial charge on any atom is 0.253 e. The molecule has 0 saturated heterocycles. The molecule has 5 nitrogen and oxygen atoms in total. The summed E-state index contributed by atoms with van der Waals surface area (Å²) in [5.74, 6) is 0.919. The minimum absolute atomic E-state index is 0. The molecule has 0 unspecified atom stereocenters. The van der Waals surface area contributed by atoms with E-state index in [-0.39, 0.29) is 29.9 Å². The molecular weight excluding hydrogens is 427 g/mol. The Morgan fingerprint density at radius 2 is 2.04 bits per heavy atom. The van der Waals surface area contributed by atoms with Crippen molar-refractivity contribution in [3.63, 3.8) is 0 Å². The van der Waals surface area contributed by atoms with Gasteiger partial charge >= 0.3 is 0 Å². The number of benzene rings is 1. The SMILES string of the molecule is C=CCCCN(C)C(=NC)NCCc1cccc(C(=O)N(C)C)c1.I. The fourth-order valence-electron chi connectivity index (χ4n) is 2.40. The van der Waals surface area contributed by atoms with Gasteiger partial charge in [-0.15, -0.1) is 30.6 Å². The molecule has 0 aliphatic heterocycles. The Balaban J connectivity index is 0.00000576. The van der Waals surface area contributed by atoms with Crippen molar-refractivity contribution in [3.05, 3.63) is 48.0 Å². The number of nitrogens with one attached hydrogen (secondary N) is 1. The van der Waals surface area contributed by atoms with E-state index in [0.29, 0.717) is 0 Å². The first-order chi connectivity index (χ1) is 11.5. The van der Waals surface area contributed by atoms with Crippen LogP contribution < -0.4 is 5.32 Å². The number of hydrogen-bond donors (Lipinski definition) is 1. The van der Waals surface area contributed by atoms with E-state index < -0.39 is 0 Å². The van der Waals surface area contributed by atoms with E-state index in [0.717, 1.165) is 49.4 Å². The van der Waals surface area contributed by atoms with Gasteiger partial charge in [-0.05, 0) is 37.0 Å². The average Bonchev–Trinajstić information content (AvgIpc) is 2.58. The summed E-state index contributed by atoms with van der Waals surface area (Å²) >= 11 is 0. The molecule has 6 heteroatoms. The quantitative estimate of drug-likeness (QED) is 0.214. The summed E-state index contributed by atoms with van der Waals surface area (Å²) in [7, 11) is 7.36. The first kappa shape index (κ1) is 23.4. The van der Waals surface area contributed by atoms with Crippen molar-refractivity contribution in [2.75, 3.05) is 41.3 Å². The molecule has 0 atom stereocenters. The summed E-state index contributed by atoms with van der Waals surface area (Å²) in [5, 5.41) is 3.37. The largest absolute Gasteiger partial charge is 0.356 e. The second kappa shape index (κ2) is 12.7. The summed E-state index contributed by atoms with van der Waals surface area (Å²) in [6.07, 6.45) is 4.85. The molecule has 0 radical (unpaired) electrons. The third-order valence-electron chi connectivity index (χ3n) is 3.75. The lowest BCUT2D eigenvalue weighted by Gasteiger charge is -2.22. The summed E-state index contributed by atoms with van der Waals surface area (Å²) in [5.41, 5.74) is 1.86. The summed E-state index contributed by atoms with van der Waals surface area (Å²) in [6, 6.07) is 7.79. The molecule has 1 aromatic carbocycles. The Kier molecular flexibility index (Phi) is 11.9. The molecule has 0 heterocycles. The third kappa shape index (κ3) is 8.38. The van der Waals surface area contributed by atoms with Crippen LogP contribution in [0.25, 0.3) is 0 Å². The van der Waals surface area contributed by atoms with Crippen LogP contribution in [0.1, 0.15) is 28.8 Å². The molecule has 1 amide bonds. The van der Waals surface area contributed by atoms with Crippen LogP contribution in [-0.4, -0.2) is 62.9 Å². The molecule has 0 saturated carbocycles. The predicted molar refractivity (Wildman–Crippen MR) is 117 cm³/mol. The highest BCUT2D eigenvalue weighted by molar-refractivity contribution is 14.0. The van der Waals surface area contributed by atoms with Crippen LogP contribution in [-0.2, 0) is 6.42 Å². The Labute approximate surface area is 169 Å². The van der Waals surface area contributed by atoms with Crippen LogP contribution in [0, 0.1) is 0 Å². The van der Waals surface area contributed by atoms with Gasteiger partial charge in [0.25, 0.3) is 5.91 Å². The van der Waals surface area contributed by atoms with E-state index >= 15 is 0 Å². The van der Waals surface area contributed by atoms with E-state index in [1.807, 2.05) is 37.4 Å². The number of carbonyl (C=O) groups is 1. The zero-order valence-electron chi connectivity index (χ0n) is 15.8. The van der Waals surface area contributed by atoms with Crippen LogP contribution in [0.5, 0.6) is 0 Å². The van der Waals surface area contributed by atoms with Crippen LogP contribution in [0.2, 0.25) is 0 Å². The van der Waals surface area contributed by atoms with Crippen LogP contribution in [0.3, 0.4) is 0 Å². The topological polar surface area (TPSA) is 47.9 Å². The number of guanidine groups is 1. The number of allylic oxidation sites excluding steroid dienone is 1. The molecule has 0 spiro atoms.